The Kier molecular flexibility index (Phi) is 2.88. The molecule has 3 aromatic rings. The Balaban J connectivity index is 1.87. The van der Waals surface area contributed by atoms with Gasteiger partial charge in [0.2, 0.25) is 0 Å². The van der Waals surface area contributed by atoms with Crippen molar-refractivity contribution in [1.29, 1.82) is 0 Å². The van der Waals surface area contributed by atoms with Crippen LogP contribution in [-0.4, -0.2) is 28.2 Å². The van der Waals surface area contributed by atoms with Crippen molar-refractivity contribution in [3.63, 3.8) is 0 Å². The van der Waals surface area contributed by atoms with Gasteiger partial charge in [0.15, 0.2) is 5.13 Å². The van der Waals surface area contributed by atoms with Crippen LogP contribution in [0.1, 0.15) is 10.4 Å². The third kappa shape index (κ3) is 2.27. The Labute approximate surface area is 112 Å². The number of carbonyl (C=O) groups excluding carboxylic acids is 1. The van der Waals surface area contributed by atoms with Gasteiger partial charge in [-0.2, -0.15) is 5.10 Å². The molecule has 19 heavy (non-hydrogen) atoms. The van der Waals surface area contributed by atoms with Crippen LogP contribution in [0, 0.1) is 0 Å². The number of rotatable bonds is 3. The van der Waals surface area contributed by atoms with Crippen LogP contribution < -0.4 is 10.1 Å². The molecule has 96 valence electrons. The van der Waals surface area contributed by atoms with Crippen LogP contribution in [0.25, 0.3) is 10.2 Å². The number of amides is 1. The molecule has 0 saturated heterocycles. The van der Waals surface area contributed by atoms with Crippen LogP contribution in [0.5, 0.6) is 5.75 Å². The Morgan fingerprint density at radius 3 is 3.11 bits per heavy atom. The lowest BCUT2D eigenvalue weighted by molar-refractivity contribution is 0.102. The summed E-state index contributed by atoms with van der Waals surface area (Å²) in [5.74, 6) is 0.531. The Bertz CT molecular complexity index is 720. The summed E-state index contributed by atoms with van der Waals surface area (Å²) in [6, 6.07) is 5.59. The molecule has 1 aromatic carbocycles. The molecule has 2 N–H and O–H groups in total. The van der Waals surface area contributed by atoms with Gasteiger partial charge < -0.3 is 4.74 Å². The highest BCUT2D eigenvalue weighted by molar-refractivity contribution is 7.22. The van der Waals surface area contributed by atoms with E-state index in [1.807, 2.05) is 18.2 Å². The zero-order valence-corrected chi connectivity index (χ0v) is 10.8. The highest BCUT2D eigenvalue weighted by Gasteiger charge is 2.10. The smallest absolute Gasteiger partial charge is 0.260 e. The molecule has 2 heterocycles. The maximum absolute atomic E-state index is 11.8. The van der Waals surface area contributed by atoms with Gasteiger partial charge >= 0.3 is 0 Å². The first-order chi connectivity index (χ1) is 9.26. The van der Waals surface area contributed by atoms with Crippen LogP contribution in [-0.2, 0) is 0 Å². The summed E-state index contributed by atoms with van der Waals surface area (Å²) >= 11 is 1.40. The molecule has 0 aliphatic carbocycles. The van der Waals surface area contributed by atoms with Crippen molar-refractivity contribution in [2.24, 2.45) is 0 Å². The van der Waals surface area contributed by atoms with Gasteiger partial charge in [0.05, 0.1) is 29.1 Å². The summed E-state index contributed by atoms with van der Waals surface area (Å²) in [6.45, 7) is 0. The number of H-pyrrole nitrogens is 1. The number of methoxy groups -OCH3 is 1. The standard InChI is InChI=1S/C12H10N4O2S/c1-18-8-2-3-9-10(4-8)19-12(15-9)16-11(17)7-5-13-14-6-7/h2-6H,1H3,(H,13,14)(H,15,16,17). The number of carbonyl (C=O) groups is 1. The largest absolute Gasteiger partial charge is 0.497 e. The first-order valence-corrected chi connectivity index (χ1v) is 6.32. The van der Waals surface area contributed by atoms with E-state index in [1.54, 1.807) is 7.11 Å². The lowest BCUT2D eigenvalue weighted by Gasteiger charge is -1.96. The number of ether oxygens (including phenoxy) is 1. The maximum atomic E-state index is 11.8. The van der Waals surface area contributed by atoms with Crippen LogP contribution in [0.15, 0.2) is 30.6 Å². The van der Waals surface area contributed by atoms with E-state index < -0.39 is 0 Å². The molecule has 6 nitrogen and oxygen atoms in total. The number of nitrogens with zero attached hydrogens (tertiary/aromatic N) is 2. The lowest BCUT2D eigenvalue weighted by atomic mass is 10.3. The van der Waals surface area contributed by atoms with Gasteiger partial charge in [0.25, 0.3) is 5.91 Å². The maximum Gasteiger partial charge on any atom is 0.260 e. The number of nitrogens with one attached hydrogen (secondary N) is 2. The lowest BCUT2D eigenvalue weighted by Crippen LogP contribution is -2.10. The van der Waals surface area contributed by atoms with Gasteiger partial charge in [-0.05, 0) is 18.2 Å². The van der Waals surface area contributed by atoms with E-state index in [0.29, 0.717) is 10.7 Å². The number of aromatic nitrogens is 3. The summed E-state index contributed by atoms with van der Waals surface area (Å²) < 4.78 is 6.11. The molecular weight excluding hydrogens is 264 g/mol. The molecule has 0 atom stereocenters. The van der Waals surface area contributed by atoms with Crippen molar-refractivity contribution in [2.75, 3.05) is 12.4 Å². The fourth-order valence-corrected chi connectivity index (χ4v) is 2.52. The van der Waals surface area contributed by atoms with E-state index in [-0.39, 0.29) is 5.91 Å². The number of thiazole rings is 1. The minimum atomic E-state index is -0.236. The van der Waals surface area contributed by atoms with Crippen LogP contribution in [0.2, 0.25) is 0 Å². The zero-order chi connectivity index (χ0) is 13.2. The van der Waals surface area contributed by atoms with Crippen molar-refractivity contribution < 1.29 is 9.53 Å². The van der Waals surface area contributed by atoms with Crippen LogP contribution in [0.3, 0.4) is 0 Å². The molecule has 1 amide bonds. The van der Waals surface area contributed by atoms with Gasteiger partial charge in [0, 0.05) is 6.20 Å². The van der Waals surface area contributed by atoms with Gasteiger partial charge in [0.1, 0.15) is 5.75 Å². The predicted octanol–water partition coefficient (Wildman–Crippen LogP) is 2.28. The second-order valence-electron chi connectivity index (χ2n) is 3.79. The van der Waals surface area contributed by atoms with Gasteiger partial charge in [-0.3, -0.25) is 15.2 Å². The molecule has 0 unspecified atom stereocenters. The molecule has 0 aliphatic heterocycles. The molecule has 0 radical (unpaired) electrons. The van der Waals surface area contributed by atoms with Gasteiger partial charge in [-0.25, -0.2) is 4.98 Å². The second kappa shape index (κ2) is 4.69. The monoisotopic (exact) mass is 274 g/mol. The number of hydrogen-bond donors (Lipinski definition) is 2. The first-order valence-electron chi connectivity index (χ1n) is 5.51. The van der Waals surface area contributed by atoms with Gasteiger partial charge in [-0.15, -0.1) is 0 Å². The summed E-state index contributed by atoms with van der Waals surface area (Å²) in [6.07, 6.45) is 3.00. The molecular formula is C12H10N4O2S. The SMILES string of the molecule is COc1ccc2nc(NC(=O)c3cn[nH]c3)sc2c1. The van der Waals surface area contributed by atoms with Crippen LogP contribution >= 0.6 is 11.3 Å². The van der Waals surface area contributed by atoms with E-state index in [4.69, 9.17) is 4.74 Å². The summed E-state index contributed by atoms with van der Waals surface area (Å²) in [5, 5.41) is 9.61. The van der Waals surface area contributed by atoms with Crippen molar-refractivity contribution in [1.82, 2.24) is 15.2 Å². The van der Waals surface area contributed by atoms with Gasteiger partial charge in [-0.1, -0.05) is 11.3 Å². The fraction of sp³-hybridized carbons (Fsp3) is 0.0833. The number of benzene rings is 1. The number of anilines is 1. The molecule has 0 saturated carbocycles. The normalized spacial score (nSPS) is 10.6. The van der Waals surface area contributed by atoms with E-state index in [9.17, 15) is 4.79 Å². The van der Waals surface area contributed by atoms with E-state index in [1.165, 1.54) is 23.7 Å². The molecule has 3 rings (SSSR count). The summed E-state index contributed by atoms with van der Waals surface area (Å²) in [5.41, 5.74) is 1.30. The molecule has 0 bridgehead atoms. The highest BCUT2D eigenvalue weighted by atomic mass is 32.1. The first kappa shape index (κ1) is 11.7. The molecule has 7 heteroatoms. The summed E-state index contributed by atoms with van der Waals surface area (Å²) in [4.78, 5) is 16.2. The van der Waals surface area contributed by atoms with Crippen LogP contribution in [0.4, 0.5) is 5.13 Å². The third-order valence-corrected chi connectivity index (χ3v) is 3.51. The number of hydrogen-bond acceptors (Lipinski definition) is 5. The van der Waals surface area contributed by atoms with Crippen molar-refractivity contribution in [2.45, 2.75) is 0 Å². The zero-order valence-electron chi connectivity index (χ0n) is 10.0. The molecule has 2 aromatic heterocycles. The van der Waals surface area contributed by atoms with E-state index in [0.717, 1.165) is 16.0 Å². The Morgan fingerprint density at radius 2 is 2.37 bits per heavy atom. The average molecular weight is 274 g/mol. The minimum absolute atomic E-state index is 0.236. The van der Waals surface area contributed by atoms with E-state index >= 15 is 0 Å². The highest BCUT2D eigenvalue weighted by Crippen LogP contribution is 2.29. The topological polar surface area (TPSA) is 79.9 Å². The van der Waals surface area contributed by atoms with Crippen molar-refractivity contribution in [3.05, 3.63) is 36.2 Å². The third-order valence-electron chi connectivity index (χ3n) is 2.58. The average Bonchev–Trinajstić information content (AvgIpc) is 3.06. The van der Waals surface area contributed by atoms with Crippen molar-refractivity contribution >= 4 is 32.6 Å². The van der Waals surface area contributed by atoms with E-state index in [2.05, 4.69) is 20.5 Å². The summed E-state index contributed by atoms with van der Waals surface area (Å²) in [7, 11) is 1.61. The predicted molar refractivity (Wildman–Crippen MR) is 72.7 cm³/mol. The second-order valence-corrected chi connectivity index (χ2v) is 4.82. The Hall–Kier alpha value is -2.41. The number of fused-ring (bicyclic) bond motifs is 1. The quantitative estimate of drug-likeness (QED) is 0.768. The van der Waals surface area contributed by atoms with Crippen molar-refractivity contribution in [3.8, 4) is 5.75 Å². The minimum Gasteiger partial charge on any atom is -0.497 e. The fourth-order valence-electron chi connectivity index (χ4n) is 1.63. The molecule has 0 aliphatic rings. The number of aromatic amines is 1. The Morgan fingerprint density at radius 1 is 1.47 bits per heavy atom. The molecule has 0 fully saturated rings. The molecule has 0 spiro atoms.